The maximum absolute atomic E-state index is 13.2. The van der Waals surface area contributed by atoms with Gasteiger partial charge in [0, 0.05) is 5.92 Å². The Bertz CT molecular complexity index is 520. The number of Topliss-reactive ketones (excluding diaryl/α,β-unsaturated/α-hetero) is 1. The zero-order valence-electron chi connectivity index (χ0n) is 15.3. The summed E-state index contributed by atoms with van der Waals surface area (Å²) in [6.45, 7) is 3.60. The molecule has 2 nitrogen and oxygen atoms in total. The number of rotatable bonds is 2. The lowest BCUT2D eigenvalue weighted by Gasteiger charge is -2.56. The molecular formula is C21H33FO2. The zero-order valence-corrected chi connectivity index (χ0v) is 15.3. The van der Waals surface area contributed by atoms with Crippen LogP contribution in [-0.2, 0) is 4.79 Å². The van der Waals surface area contributed by atoms with Gasteiger partial charge in [0.2, 0.25) is 0 Å². The number of carbonyl (C=O) groups excluding carboxylic acids is 1. The van der Waals surface area contributed by atoms with Crippen LogP contribution in [0.2, 0.25) is 0 Å². The van der Waals surface area contributed by atoms with E-state index < -0.39 is 12.3 Å². The van der Waals surface area contributed by atoms with E-state index in [4.69, 9.17) is 0 Å². The topological polar surface area (TPSA) is 37.3 Å². The summed E-state index contributed by atoms with van der Waals surface area (Å²) in [6, 6.07) is 0. The molecule has 0 aromatic rings. The number of fused-ring (bicyclic) bond motifs is 5. The van der Waals surface area contributed by atoms with E-state index >= 15 is 0 Å². The summed E-state index contributed by atoms with van der Waals surface area (Å²) in [5.41, 5.74) is -0.807. The van der Waals surface area contributed by atoms with Crippen LogP contribution in [0.25, 0.3) is 0 Å². The number of halogens is 1. The number of carbonyl (C=O) groups is 1. The summed E-state index contributed by atoms with van der Waals surface area (Å²) >= 11 is 0. The molecule has 136 valence electrons. The molecule has 0 heterocycles. The fraction of sp³-hybridized carbons (Fsp3) is 0.952. The van der Waals surface area contributed by atoms with Crippen LogP contribution >= 0.6 is 0 Å². The Morgan fingerprint density at radius 1 is 1.04 bits per heavy atom. The first kappa shape index (κ1) is 17.0. The molecule has 4 aliphatic rings. The number of alkyl halides is 1. The third kappa shape index (κ3) is 2.40. The standard InChI is InChI=1S/C21H33FO2/c1-13(23)18-5-6-19-17-4-3-14-11-21(24,12-22)10-8-15(14)16(17)7-9-20(18,19)2/h14-19,24H,3-12H2,1-2H3/t14-,15?,16-,17?,18-,19+,20-,21-/m1/s1. The summed E-state index contributed by atoms with van der Waals surface area (Å²) < 4.78 is 13.2. The van der Waals surface area contributed by atoms with Crippen molar-refractivity contribution in [3.8, 4) is 0 Å². The molecule has 0 aromatic heterocycles. The molecule has 0 spiro atoms. The normalized spacial score (nSPS) is 53.8. The number of hydrogen-bond acceptors (Lipinski definition) is 2. The zero-order chi connectivity index (χ0) is 17.1. The Morgan fingerprint density at radius 2 is 1.79 bits per heavy atom. The van der Waals surface area contributed by atoms with Crippen molar-refractivity contribution >= 4 is 5.78 Å². The van der Waals surface area contributed by atoms with Crippen LogP contribution in [0.1, 0.15) is 71.6 Å². The highest BCUT2D eigenvalue weighted by Crippen LogP contribution is 2.64. The van der Waals surface area contributed by atoms with Crippen LogP contribution in [0.15, 0.2) is 0 Å². The van der Waals surface area contributed by atoms with Gasteiger partial charge in [-0.05, 0) is 99.7 Å². The third-order valence-corrected chi connectivity index (χ3v) is 8.84. The van der Waals surface area contributed by atoms with Crippen molar-refractivity contribution in [3.05, 3.63) is 0 Å². The van der Waals surface area contributed by atoms with Crippen molar-refractivity contribution in [1.29, 1.82) is 0 Å². The van der Waals surface area contributed by atoms with Crippen LogP contribution in [0.4, 0.5) is 4.39 Å². The quantitative estimate of drug-likeness (QED) is 0.803. The second kappa shape index (κ2) is 5.79. The molecule has 24 heavy (non-hydrogen) atoms. The van der Waals surface area contributed by atoms with Crippen LogP contribution in [0.3, 0.4) is 0 Å². The number of aliphatic hydroxyl groups is 1. The Balaban J connectivity index is 1.54. The van der Waals surface area contributed by atoms with Crippen LogP contribution in [0.5, 0.6) is 0 Å². The molecule has 2 unspecified atom stereocenters. The van der Waals surface area contributed by atoms with E-state index in [1.165, 1.54) is 25.7 Å². The molecule has 4 aliphatic carbocycles. The Labute approximate surface area is 145 Å². The van der Waals surface area contributed by atoms with Crippen LogP contribution < -0.4 is 0 Å². The van der Waals surface area contributed by atoms with Gasteiger partial charge in [0.15, 0.2) is 0 Å². The number of hydrogen-bond donors (Lipinski definition) is 1. The minimum atomic E-state index is -1.04. The second-order valence-electron chi connectivity index (χ2n) is 9.82. The van der Waals surface area contributed by atoms with Gasteiger partial charge in [-0.15, -0.1) is 0 Å². The lowest BCUT2D eigenvalue weighted by Crippen LogP contribution is -2.51. The maximum atomic E-state index is 13.2. The molecule has 0 aromatic carbocycles. The molecule has 0 saturated heterocycles. The first-order chi connectivity index (χ1) is 11.4. The molecule has 8 atom stereocenters. The van der Waals surface area contributed by atoms with E-state index in [-0.39, 0.29) is 11.3 Å². The van der Waals surface area contributed by atoms with Gasteiger partial charge in [-0.2, -0.15) is 0 Å². The Morgan fingerprint density at radius 3 is 2.50 bits per heavy atom. The maximum Gasteiger partial charge on any atom is 0.133 e. The smallest absolute Gasteiger partial charge is 0.133 e. The van der Waals surface area contributed by atoms with Gasteiger partial charge in [-0.3, -0.25) is 4.79 Å². The lowest BCUT2D eigenvalue weighted by molar-refractivity contribution is -0.131. The van der Waals surface area contributed by atoms with Crippen molar-refractivity contribution in [3.63, 3.8) is 0 Å². The van der Waals surface area contributed by atoms with E-state index in [0.717, 1.165) is 31.1 Å². The van der Waals surface area contributed by atoms with E-state index in [1.54, 1.807) is 6.92 Å². The van der Waals surface area contributed by atoms with E-state index in [0.29, 0.717) is 36.4 Å². The fourth-order valence-electron chi connectivity index (χ4n) is 7.75. The third-order valence-electron chi connectivity index (χ3n) is 8.84. The first-order valence-corrected chi connectivity index (χ1v) is 10.2. The highest BCUT2D eigenvalue weighted by molar-refractivity contribution is 5.79. The summed E-state index contributed by atoms with van der Waals surface area (Å²) in [6.07, 6.45) is 9.48. The van der Waals surface area contributed by atoms with Gasteiger partial charge in [0.25, 0.3) is 0 Å². The van der Waals surface area contributed by atoms with Crippen molar-refractivity contribution in [2.45, 2.75) is 77.2 Å². The van der Waals surface area contributed by atoms with Crippen molar-refractivity contribution < 1.29 is 14.3 Å². The number of ketones is 1. The molecule has 0 radical (unpaired) electrons. The molecule has 4 fully saturated rings. The predicted molar refractivity (Wildman–Crippen MR) is 92.2 cm³/mol. The largest absolute Gasteiger partial charge is 0.387 e. The Kier molecular flexibility index (Phi) is 4.10. The van der Waals surface area contributed by atoms with Crippen molar-refractivity contribution in [1.82, 2.24) is 0 Å². The second-order valence-corrected chi connectivity index (χ2v) is 9.82. The summed E-state index contributed by atoms with van der Waals surface area (Å²) in [5, 5.41) is 10.4. The van der Waals surface area contributed by atoms with Crippen molar-refractivity contribution in [2.24, 2.45) is 40.9 Å². The molecule has 4 saturated carbocycles. The monoisotopic (exact) mass is 336 g/mol. The Hall–Kier alpha value is -0.440. The van der Waals surface area contributed by atoms with Gasteiger partial charge >= 0.3 is 0 Å². The summed E-state index contributed by atoms with van der Waals surface area (Å²) in [4.78, 5) is 12.1. The van der Waals surface area contributed by atoms with E-state index in [2.05, 4.69) is 6.92 Å². The molecular weight excluding hydrogens is 303 g/mol. The van der Waals surface area contributed by atoms with Crippen molar-refractivity contribution in [2.75, 3.05) is 6.67 Å². The molecule has 1 N–H and O–H groups in total. The highest BCUT2D eigenvalue weighted by Gasteiger charge is 2.58. The molecule has 3 heteroatoms. The average molecular weight is 336 g/mol. The minimum Gasteiger partial charge on any atom is -0.387 e. The van der Waals surface area contributed by atoms with Crippen LogP contribution in [-0.4, -0.2) is 23.2 Å². The van der Waals surface area contributed by atoms with Gasteiger partial charge in [0.1, 0.15) is 12.5 Å². The van der Waals surface area contributed by atoms with Gasteiger partial charge < -0.3 is 5.11 Å². The lowest BCUT2D eigenvalue weighted by atomic mass is 9.49. The van der Waals surface area contributed by atoms with Gasteiger partial charge in [-0.1, -0.05) is 6.92 Å². The predicted octanol–water partition coefficient (Wildman–Crippen LogP) is 4.54. The van der Waals surface area contributed by atoms with Crippen LogP contribution in [0, 0.1) is 40.9 Å². The summed E-state index contributed by atoms with van der Waals surface area (Å²) in [5.74, 6) is 4.14. The molecule has 0 aliphatic heterocycles. The van der Waals surface area contributed by atoms with E-state index in [9.17, 15) is 14.3 Å². The van der Waals surface area contributed by atoms with E-state index in [1.807, 2.05) is 0 Å². The SMILES string of the molecule is CC(=O)[C@H]1CC[C@H]2C3CC[C@@H]4C[C@@](O)(CF)CCC4[C@H]3CC[C@]12C. The fourth-order valence-corrected chi connectivity index (χ4v) is 7.75. The van der Waals surface area contributed by atoms with Gasteiger partial charge in [-0.25, -0.2) is 4.39 Å². The molecule has 0 amide bonds. The minimum absolute atomic E-state index is 0.230. The molecule has 0 bridgehead atoms. The highest BCUT2D eigenvalue weighted by atomic mass is 19.1. The molecule has 4 rings (SSSR count). The van der Waals surface area contributed by atoms with Gasteiger partial charge in [0.05, 0.1) is 5.60 Å². The first-order valence-electron chi connectivity index (χ1n) is 10.2. The summed E-state index contributed by atoms with van der Waals surface area (Å²) in [7, 11) is 0. The average Bonchev–Trinajstić information content (AvgIpc) is 2.91.